The zero-order valence-corrected chi connectivity index (χ0v) is 24.4. The molecule has 0 spiro atoms. The van der Waals surface area contributed by atoms with Gasteiger partial charge in [-0.3, -0.25) is 19.2 Å². The number of rotatable bonds is 9. The van der Waals surface area contributed by atoms with E-state index < -0.39 is 35.3 Å². The largest absolute Gasteiger partial charge is 0.478 e. The zero-order chi connectivity index (χ0) is 30.3. The van der Waals surface area contributed by atoms with Gasteiger partial charge in [-0.1, -0.05) is 31.6 Å². The number of carboxylic acids is 1. The summed E-state index contributed by atoms with van der Waals surface area (Å²) in [7, 11) is 0. The van der Waals surface area contributed by atoms with E-state index in [4.69, 9.17) is 9.84 Å². The number of ether oxygens (including phenoxy) is 1. The quantitative estimate of drug-likeness (QED) is 0.370. The van der Waals surface area contributed by atoms with Crippen molar-refractivity contribution in [2.75, 3.05) is 6.61 Å². The van der Waals surface area contributed by atoms with E-state index >= 15 is 0 Å². The third-order valence-corrected chi connectivity index (χ3v) is 11.2. The number of carbonyl (C=O) groups is 5. The number of carbonyl (C=O) groups excluding carboxylic acids is 4. The van der Waals surface area contributed by atoms with Crippen LogP contribution in [-0.2, 0) is 30.5 Å². The van der Waals surface area contributed by atoms with Crippen molar-refractivity contribution in [1.29, 1.82) is 0 Å². The zero-order valence-electron chi connectivity index (χ0n) is 24.4. The third-order valence-electron chi connectivity index (χ3n) is 11.2. The number of fused-ring (bicyclic) bond motifs is 5. The lowest BCUT2D eigenvalue weighted by Gasteiger charge is -2.58. The van der Waals surface area contributed by atoms with E-state index in [2.05, 4.69) is 12.2 Å². The molecule has 1 aromatic carbocycles. The van der Waals surface area contributed by atoms with Crippen molar-refractivity contribution >= 4 is 29.4 Å². The number of Topliss-reactive ketones (excluding diaryl/α,β-unsaturated/α-hetero) is 1. The summed E-state index contributed by atoms with van der Waals surface area (Å²) in [4.78, 5) is 61.0. The minimum atomic E-state index is -1.56. The smallest absolute Gasteiger partial charge is 0.335 e. The summed E-state index contributed by atoms with van der Waals surface area (Å²) >= 11 is 0. The fourth-order valence-electron chi connectivity index (χ4n) is 8.64. The van der Waals surface area contributed by atoms with Crippen molar-refractivity contribution in [1.82, 2.24) is 5.32 Å². The average Bonchev–Trinajstić information content (AvgIpc) is 3.25. The van der Waals surface area contributed by atoms with Gasteiger partial charge in [0.05, 0.1) is 12.0 Å². The lowest BCUT2D eigenvalue weighted by Crippen LogP contribution is -2.58. The monoisotopic (exact) mass is 579 g/mol. The van der Waals surface area contributed by atoms with Gasteiger partial charge in [0, 0.05) is 24.8 Å². The van der Waals surface area contributed by atoms with Crippen molar-refractivity contribution in [2.24, 2.45) is 28.6 Å². The Morgan fingerprint density at radius 2 is 1.67 bits per heavy atom. The third kappa shape index (κ3) is 5.32. The first-order chi connectivity index (χ1) is 19.9. The van der Waals surface area contributed by atoms with Gasteiger partial charge < -0.3 is 20.3 Å². The Kier molecular flexibility index (Phi) is 8.18. The van der Waals surface area contributed by atoms with Crippen LogP contribution in [0.4, 0.5) is 0 Å². The normalized spacial score (nSPS) is 33.5. The van der Waals surface area contributed by atoms with Gasteiger partial charge in [-0.25, -0.2) is 4.79 Å². The summed E-state index contributed by atoms with van der Waals surface area (Å²) in [5, 5.41) is 23.4. The summed E-state index contributed by atoms with van der Waals surface area (Å²) in [5.41, 5.74) is 0.0103. The predicted molar refractivity (Wildman–Crippen MR) is 152 cm³/mol. The van der Waals surface area contributed by atoms with E-state index in [9.17, 15) is 29.1 Å². The molecule has 9 nitrogen and oxygen atoms in total. The summed E-state index contributed by atoms with van der Waals surface area (Å²) in [5.74, 6) is -1.31. The number of amides is 1. The Hall–Kier alpha value is -3.33. The van der Waals surface area contributed by atoms with Crippen LogP contribution in [0.25, 0.3) is 0 Å². The van der Waals surface area contributed by atoms with Crippen LogP contribution < -0.4 is 5.32 Å². The Bertz CT molecular complexity index is 1320. The van der Waals surface area contributed by atoms with Crippen LogP contribution in [0.5, 0.6) is 0 Å². The maximum Gasteiger partial charge on any atom is 0.335 e. The predicted octanol–water partition coefficient (Wildman–Crippen LogP) is 4.16. The molecule has 0 bridgehead atoms. The Balaban J connectivity index is 1.11. The highest BCUT2D eigenvalue weighted by molar-refractivity contribution is 5.92. The molecule has 4 aliphatic carbocycles. The van der Waals surface area contributed by atoms with Crippen molar-refractivity contribution in [2.45, 2.75) is 90.2 Å². The molecule has 1 aromatic rings. The summed E-state index contributed by atoms with van der Waals surface area (Å²) in [6.45, 7) is 4.00. The van der Waals surface area contributed by atoms with E-state index in [0.717, 1.165) is 37.7 Å². The molecule has 3 N–H and O–H groups in total. The van der Waals surface area contributed by atoms with Gasteiger partial charge in [0.1, 0.15) is 5.60 Å². The highest BCUT2D eigenvalue weighted by Gasteiger charge is 2.66. The number of aromatic carboxylic acids is 1. The maximum atomic E-state index is 13.4. The number of hydrogen-bond acceptors (Lipinski definition) is 7. The molecule has 3 fully saturated rings. The van der Waals surface area contributed by atoms with Crippen LogP contribution in [0, 0.1) is 28.6 Å². The van der Waals surface area contributed by atoms with Gasteiger partial charge in [-0.15, -0.1) is 0 Å². The van der Waals surface area contributed by atoms with Crippen molar-refractivity contribution in [3.63, 3.8) is 0 Å². The van der Waals surface area contributed by atoms with E-state index in [1.165, 1.54) is 17.7 Å². The molecule has 0 saturated heterocycles. The highest BCUT2D eigenvalue weighted by atomic mass is 16.5. The van der Waals surface area contributed by atoms with Gasteiger partial charge in [0.25, 0.3) is 0 Å². The number of nitrogens with one attached hydrogen (secondary N) is 1. The number of aliphatic hydroxyl groups is 1. The molecule has 42 heavy (non-hydrogen) atoms. The minimum Gasteiger partial charge on any atom is -0.478 e. The molecule has 4 aliphatic rings. The molecule has 0 radical (unpaired) electrons. The molecule has 0 aliphatic heterocycles. The number of allylic oxidation sites excluding steroid dienone is 1. The Morgan fingerprint density at radius 3 is 2.38 bits per heavy atom. The van der Waals surface area contributed by atoms with E-state index in [1.807, 2.05) is 13.0 Å². The second-order valence-corrected chi connectivity index (χ2v) is 13.2. The van der Waals surface area contributed by atoms with Gasteiger partial charge in [-0.2, -0.15) is 0 Å². The number of hydrogen-bond donors (Lipinski definition) is 3. The number of ketones is 2. The van der Waals surface area contributed by atoms with E-state index in [1.54, 1.807) is 12.1 Å². The molecule has 5 rings (SSSR count). The number of carboxylic acid groups (broad SMARTS) is 1. The van der Waals surface area contributed by atoms with Crippen LogP contribution in [0.1, 0.15) is 94.0 Å². The summed E-state index contributed by atoms with van der Waals surface area (Å²) in [6.07, 6.45) is 7.59. The van der Waals surface area contributed by atoms with Crippen molar-refractivity contribution in [3.8, 4) is 0 Å². The Morgan fingerprint density at radius 1 is 0.952 bits per heavy atom. The molecule has 0 unspecified atom stereocenters. The topological polar surface area (TPSA) is 147 Å². The SMILES string of the molecule is C[C@]12CCC(=O)C=C1CC[C@H]1[C@@H]2CC[C@]2(C)[C@H]1CC[C@]2(O)C(=O)COC(=O)CCC(=O)NCc1ccc(C(=O)O)cc1. The van der Waals surface area contributed by atoms with Crippen LogP contribution in [-0.4, -0.2) is 51.8 Å². The first-order valence-electron chi connectivity index (χ1n) is 15.1. The fraction of sp³-hybridized carbons (Fsp3) is 0.606. The number of esters is 1. The van der Waals surface area contributed by atoms with Gasteiger partial charge in [0.15, 0.2) is 12.4 Å². The first-order valence-corrected chi connectivity index (χ1v) is 15.1. The molecular formula is C33H41NO8. The number of benzene rings is 1. The van der Waals surface area contributed by atoms with Gasteiger partial charge >= 0.3 is 11.9 Å². The van der Waals surface area contributed by atoms with Crippen molar-refractivity contribution < 1.29 is 38.9 Å². The van der Waals surface area contributed by atoms with E-state index in [-0.39, 0.29) is 48.0 Å². The molecule has 9 heteroatoms. The molecule has 1 amide bonds. The second kappa shape index (κ2) is 11.4. The van der Waals surface area contributed by atoms with Crippen LogP contribution in [0.3, 0.4) is 0 Å². The molecule has 0 aromatic heterocycles. The van der Waals surface area contributed by atoms with Crippen LogP contribution >= 0.6 is 0 Å². The lowest BCUT2D eigenvalue weighted by atomic mass is 9.46. The van der Waals surface area contributed by atoms with E-state index in [0.29, 0.717) is 31.1 Å². The summed E-state index contributed by atoms with van der Waals surface area (Å²) < 4.78 is 5.23. The standard InChI is InChI=1S/C33H41NO8/c1-31-14-11-23(35)17-22(31)7-8-24-25(31)12-15-32(2)26(24)13-16-33(32,41)27(36)19-42-29(38)10-9-28(37)34-18-20-3-5-21(6-4-20)30(39)40/h3-6,17,24-26,41H,7-16,18-19H2,1-2H3,(H,34,37)(H,39,40)/t24-,25-,26-,31-,32+,33-/m0/s1. The lowest BCUT2D eigenvalue weighted by molar-refractivity contribution is -0.170. The molecule has 6 atom stereocenters. The van der Waals surface area contributed by atoms with Gasteiger partial charge in [0.2, 0.25) is 11.7 Å². The van der Waals surface area contributed by atoms with Crippen LogP contribution in [0.2, 0.25) is 0 Å². The highest BCUT2D eigenvalue weighted by Crippen LogP contribution is 2.67. The van der Waals surface area contributed by atoms with Gasteiger partial charge in [-0.05, 0) is 91.9 Å². The molecular weight excluding hydrogens is 538 g/mol. The van der Waals surface area contributed by atoms with Crippen molar-refractivity contribution in [3.05, 3.63) is 47.0 Å². The fourth-order valence-corrected chi connectivity index (χ4v) is 8.64. The first kappa shape index (κ1) is 30.1. The minimum absolute atomic E-state index is 0.00959. The second-order valence-electron chi connectivity index (χ2n) is 13.2. The maximum absolute atomic E-state index is 13.4. The summed E-state index contributed by atoms with van der Waals surface area (Å²) in [6, 6.07) is 6.12. The molecule has 226 valence electrons. The Labute approximate surface area is 246 Å². The average molecular weight is 580 g/mol. The van der Waals surface area contributed by atoms with Crippen LogP contribution in [0.15, 0.2) is 35.9 Å². The molecule has 0 heterocycles. The molecule has 3 saturated carbocycles.